The van der Waals surface area contributed by atoms with Crippen LogP contribution in [0.5, 0.6) is 0 Å². The molecule has 2 nitrogen and oxygen atoms in total. The third kappa shape index (κ3) is 6.14. The van der Waals surface area contributed by atoms with Gasteiger partial charge in [0.2, 0.25) is 0 Å². The lowest BCUT2D eigenvalue weighted by molar-refractivity contribution is 0.126. The number of likely N-dealkylation sites (N-methyl/N-ethyl adjacent to an activating group) is 1. The molecule has 0 saturated heterocycles. The Morgan fingerprint density at radius 1 is 1.05 bits per heavy atom. The Hall–Kier alpha value is -1.42. The van der Waals surface area contributed by atoms with Crippen molar-refractivity contribution in [2.24, 2.45) is 0 Å². The molecule has 0 saturated carbocycles. The highest BCUT2D eigenvalue weighted by Crippen LogP contribution is 2.13. The summed E-state index contributed by atoms with van der Waals surface area (Å²) in [6, 6.07) is 16.4. The molecular weight excluding hydrogens is 301 g/mol. The number of aliphatic hydroxyl groups excluding tert-OH is 1. The van der Waals surface area contributed by atoms with Gasteiger partial charge < -0.3 is 10.0 Å². The summed E-state index contributed by atoms with van der Waals surface area (Å²) >= 11 is 0. The fourth-order valence-corrected chi connectivity index (χ4v) is 2.37. The average molecular weight is 324 g/mol. The van der Waals surface area contributed by atoms with Crippen LogP contribution in [-0.2, 0) is 6.42 Å². The monoisotopic (exact) mass is 323 g/mol. The maximum absolute atomic E-state index is 12.8. The molecule has 1 N–H and O–H groups in total. The van der Waals surface area contributed by atoms with E-state index in [4.69, 9.17) is 0 Å². The van der Waals surface area contributed by atoms with Crippen molar-refractivity contribution < 1.29 is 9.50 Å². The fraction of sp³-hybridized carbons (Fsp3) is 0.333. The molecule has 0 spiro atoms. The summed E-state index contributed by atoms with van der Waals surface area (Å²) in [5.74, 6) is -0.193. The van der Waals surface area contributed by atoms with Crippen LogP contribution in [-0.4, -0.2) is 30.1 Å². The van der Waals surface area contributed by atoms with Crippen molar-refractivity contribution in [3.05, 3.63) is 71.5 Å². The molecule has 2 aromatic carbocycles. The van der Waals surface area contributed by atoms with Gasteiger partial charge in [0.05, 0.1) is 6.10 Å². The number of benzene rings is 2. The highest BCUT2D eigenvalue weighted by atomic mass is 35.5. The number of rotatable bonds is 7. The first-order valence-corrected chi connectivity index (χ1v) is 7.31. The van der Waals surface area contributed by atoms with Gasteiger partial charge >= 0.3 is 0 Å². The summed E-state index contributed by atoms with van der Waals surface area (Å²) < 4.78 is 12.8. The predicted molar refractivity (Wildman–Crippen MR) is 90.9 cm³/mol. The van der Waals surface area contributed by atoms with E-state index < -0.39 is 6.10 Å². The van der Waals surface area contributed by atoms with Crippen LogP contribution in [0.25, 0.3) is 0 Å². The standard InChI is InChI=1S/C18H22FNO.ClH/c1-20(14-18(21)16-7-3-2-4-8-16)13-5-6-15-9-11-17(19)12-10-15;/h2-4,7-12,18,21H,5-6,13-14H2,1H3;1H/t18-;/m0./s1. The van der Waals surface area contributed by atoms with Gasteiger partial charge in [0.1, 0.15) is 5.82 Å². The van der Waals surface area contributed by atoms with Crippen LogP contribution < -0.4 is 0 Å². The van der Waals surface area contributed by atoms with E-state index in [-0.39, 0.29) is 18.2 Å². The highest BCUT2D eigenvalue weighted by molar-refractivity contribution is 5.85. The molecular formula is C18H23ClFNO. The zero-order valence-corrected chi connectivity index (χ0v) is 13.6. The first-order valence-electron chi connectivity index (χ1n) is 7.31. The summed E-state index contributed by atoms with van der Waals surface area (Å²) in [7, 11) is 2.01. The van der Waals surface area contributed by atoms with Gasteiger partial charge in [-0.05, 0) is 49.7 Å². The molecule has 4 heteroatoms. The van der Waals surface area contributed by atoms with Crippen molar-refractivity contribution in [2.75, 3.05) is 20.1 Å². The van der Waals surface area contributed by atoms with Gasteiger partial charge in [0.25, 0.3) is 0 Å². The normalized spacial score (nSPS) is 12.0. The fourth-order valence-electron chi connectivity index (χ4n) is 2.37. The number of nitrogens with zero attached hydrogens (tertiary/aromatic N) is 1. The van der Waals surface area contributed by atoms with Crippen molar-refractivity contribution in [1.29, 1.82) is 0 Å². The molecule has 0 bridgehead atoms. The summed E-state index contributed by atoms with van der Waals surface area (Å²) in [5, 5.41) is 10.2. The predicted octanol–water partition coefficient (Wildman–Crippen LogP) is 3.85. The quantitative estimate of drug-likeness (QED) is 0.836. The van der Waals surface area contributed by atoms with Gasteiger partial charge in [-0.2, -0.15) is 0 Å². The summed E-state index contributed by atoms with van der Waals surface area (Å²) in [6.07, 6.45) is 1.46. The molecule has 0 aromatic heterocycles. The molecule has 2 aromatic rings. The Morgan fingerprint density at radius 2 is 1.68 bits per heavy atom. The van der Waals surface area contributed by atoms with Crippen molar-refractivity contribution in [3.8, 4) is 0 Å². The maximum atomic E-state index is 12.8. The molecule has 0 heterocycles. The first kappa shape index (κ1) is 18.6. The van der Waals surface area contributed by atoms with E-state index in [9.17, 15) is 9.50 Å². The minimum absolute atomic E-state index is 0. The zero-order valence-electron chi connectivity index (χ0n) is 12.8. The van der Waals surface area contributed by atoms with E-state index in [0.717, 1.165) is 30.5 Å². The van der Waals surface area contributed by atoms with Crippen LogP contribution in [0, 0.1) is 5.82 Å². The Morgan fingerprint density at radius 3 is 2.32 bits per heavy atom. The van der Waals surface area contributed by atoms with Crippen LogP contribution in [0.2, 0.25) is 0 Å². The highest BCUT2D eigenvalue weighted by Gasteiger charge is 2.09. The Labute approximate surface area is 138 Å². The molecule has 1 atom stereocenters. The largest absolute Gasteiger partial charge is 0.387 e. The van der Waals surface area contributed by atoms with E-state index >= 15 is 0 Å². The third-order valence-corrected chi connectivity index (χ3v) is 3.59. The second kappa shape index (κ2) is 9.57. The van der Waals surface area contributed by atoms with E-state index in [0.29, 0.717) is 6.54 Å². The van der Waals surface area contributed by atoms with Crippen molar-refractivity contribution >= 4 is 12.4 Å². The van der Waals surface area contributed by atoms with E-state index in [1.54, 1.807) is 0 Å². The summed E-state index contributed by atoms with van der Waals surface area (Å²) in [4.78, 5) is 2.13. The second-order valence-corrected chi connectivity index (χ2v) is 5.42. The topological polar surface area (TPSA) is 23.5 Å². The molecule has 0 aliphatic rings. The first-order chi connectivity index (χ1) is 10.1. The molecule has 0 unspecified atom stereocenters. The Kier molecular flexibility index (Phi) is 8.10. The minimum atomic E-state index is -0.456. The lowest BCUT2D eigenvalue weighted by Crippen LogP contribution is -2.26. The number of aryl methyl sites for hydroxylation is 1. The summed E-state index contributed by atoms with van der Waals surface area (Å²) in [6.45, 7) is 1.52. The smallest absolute Gasteiger partial charge is 0.123 e. The second-order valence-electron chi connectivity index (χ2n) is 5.42. The zero-order chi connectivity index (χ0) is 15.1. The molecule has 0 radical (unpaired) electrons. The molecule has 120 valence electrons. The van der Waals surface area contributed by atoms with Gasteiger partial charge in [-0.25, -0.2) is 4.39 Å². The number of hydrogen-bond donors (Lipinski definition) is 1. The van der Waals surface area contributed by atoms with Crippen LogP contribution in [0.1, 0.15) is 23.7 Å². The molecule has 2 rings (SSSR count). The van der Waals surface area contributed by atoms with Gasteiger partial charge in [-0.1, -0.05) is 42.5 Å². The lowest BCUT2D eigenvalue weighted by atomic mass is 10.1. The van der Waals surface area contributed by atoms with Crippen LogP contribution >= 0.6 is 12.4 Å². The number of aliphatic hydroxyl groups is 1. The SMILES string of the molecule is CN(CCCc1ccc(F)cc1)C[C@H](O)c1ccccc1.Cl. The van der Waals surface area contributed by atoms with Gasteiger partial charge in [0, 0.05) is 6.54 Å². The van der Waals surface area contributed by atoms with Crippen molar-refractivity contribution in [3.63, 3.8) is 0 Å². The van der Waals surface area contributed by atoms with Crippen molar-refractivity contribution in [1.82, 2.24) is 4.90 Å². The van der Waals surface area contributed by atoms with E-state index in [1.807, 2.05) is 49.5 Å². The number of halogens is 2. The third-order valence-electron chi connectivity index (χ3n) is 3.59. The molecule has 0 aliphatic heterocycles. The van der Waals surface area contributed by atoms with Gasteiger partial charge in [0.15, 0.2) is 0 Å². The molecule has 22 heavy (non-hydrogen) atoms. The minimum Gasteiger partial charge on any atom is -0.387 e. The van der Waals surface area contributed by atoms with Crippen LogP contribution in [0.3, 0.4) is 0 Å². The van der Waals surface area contributed by atoms with Crippen molar-refractivity contribution in [2.45, 2.75) is 18.9 Å². The van der Waals surface area contributed by atoms with Gasteiger partial charge in [-0.3, -0.25) is 0 Å². The average Bonchev–Trinajstić information content (AvgIpc) is 2.50. The van der Waals surface area contributed by atoms with Gasteiger partial charge in [-0.15, -0.1) is 12.4 Å². The van der Waals surface area contributed by atoms with Crippen LogP contribution in [0.15, 0.2) is 54.6 Å². The summed E-state index contributed by atoms with van der Waals surface area (Å²) in [5.41, 5.74) is 2.09. The Bertz CT molecular complexity index is 533. The number of hydrogen-bond acceptors (Lipinski definition) is 2. The molecule has 0 aliphatic carbocycles. The molecule has 0 amide bonds. The van der Waals surface area contributed by atoms with E-state index in [1.165, 1.54) is 12.1 Å². The van der Waals surface area contributed by atoms with Crippen LogP contribution in [0.4, 0.5) is 4.39 Å². The maximum Gasteiger partial charge on any atom is 0.123 e. The molecule has 0 fully saturated rings. The Balaban J connectivity index is 0.00000242. The van der Waals surface area contributed by atoms with E-state index in [2.05, 4.69) is 4.90 Å². The lowest BCUT2D eigenvalue weighted by Gasteiger charge is -2.20.